The first-order valence-corrected chi connectivity index (χ1v) is 3.67. The zero-order valence-corrected chi connectivity index (χ0v) is 6.87. The summed E-state index contributed by atoms with van der Waals surface area (Å²) < 4.78 is 0.699. The van der Waals surface area contributed by atoms with Gasteiger partial charge in [0, 0.05) is 6.21 Å². The molecule has 0 N–H and O–H groups in total. The molecule has 2 rings (SSSR count). The summed E-state index contributed by atoms with van der Waals surface area (Å²) in [5.74, 6) is -0.333. The van der Waals surface area contributed by atoms with E-state index in [4.69, 9.17) is 0 Å². The molecule has 0 saturated carbocycles. The number of fused-ring (bicyclic) bond motifs is 1. The van der Waals surface area contributed by atoms with Gasteiger partial charge in [-0.15, -0.1) is 0 Å². The highest BCUT2D eigenvalue weighted by Gasteiger charge is 2.23. The van der Waals surface area contributed by atoms with Crippen LogP contribution in [0.4, 0.5) is 0 Å². The fraction of sp³-hybridized carbons (Fsp3) is 0. The topological polar surface area (TPSA) is 54.1 Å². The van der Waals surface area contributed by atoms with E-state index in [1.165, 1.54) is 12.6 Å². The van der Waals surface area contributed by atoms with E-state index in [0.29, 0.717) is 15.9 Å². The van der Waals surface area contributed by atoms with Gasteiger partial charge in [0.05, 0.1) is 4.48 Å². The van der Waals surface area contributed by atoms with Gasteiger partial charge in [-0.05, 0) is 15.9 Å². The molecule has 0 aromatic heterocycles. The van der Waals surface area contributed by atoms with E-state index in [1.54, 1.807) is 0 Å². The van der Waals surface area contributed by atoms with Gasteiger partial charge < -0.3 is 0 Å². The van der Waals surface area contributed by atoms with Gasteiger partial charge in [0.1, 0.15) is 12.0 Å². The lowest BCUT2D eigenvalue weighted by atomic mass is 10.2. The smallest absolute Gasteiger partial charge is 0.265 e. The summed E-state index contributed by atoms with van der Waals surface area (Å²) in [5, 5.41) is 0. The standard InChI is InChI=1S/C6H2BrN3O/c7-3-1-8-6(11)5-4(3)9-2-10-5/h1-2H. The number of nitrogens with zero attached hydrogens (tertiary/aromatic N) is 3. The summed E-state index contributed by atoms with van der Waals surface area (Å²) in [6, 6.07) is 0. The molecule has 0 aliphatic carbocycles. The van der Waals surface area contributed by atoms with Crippen molar-refractivity contribution in [1.82, 2.24) is 0 Å². The van der Waals surface area contributed by atoms with E-state index in [1.807, 2.05) is 0 Å². The van der Waals surface area contributed by atoms with E-state index in [0.717, 1.165) is 0 Å². The number of carbonyl (C=O) groups excluding carboxylic acids is 1. The Bertz CT molecular complexity index is 351. The second kappa shape index (κ2) is 2.20. The predicted octanol–water partition coefficient (Wildman–Crippen LogP) is 0.687. The summed E-state index contributed by atoms with van der Waals surface area (Å²) in [6.07, 6.45) is 2.78. The minimum absolute atomic E-state index is 0.319. The first-order valence-electron chi connectivity index (χ1n) is 2.88. The van der Waals surface area contributed by atoms with Crippen molar-refractivity contribution in [2.45, 2.75) is 0 Å². The molecule has 1 amide bonds. The molecule has 0 aromatic rings. The summed E-state index contributed by atoms with van der Waals surface area (Å²) in [7, 11) is 0. The van der Waals surface area contributed by atoms with Gasteiger partial charge in [0.25, 0.3) is 5.91 Å². The van der Waals surface area contributed by atoms with E-state index >= 15 is 0 Å². The maximum Gasteiger partial charge on any atom is 0.297 e. The van der Waals surface area contributed by atoms with Crippen LogP contribution < -0.4 is 0 Å². The molecule has 2 aliphatic rings. The van der Waals surface area contributed by atoms with Gasteiger partial charge in [-0.25, -0.2) is 15.0 Å². The second-order valence-electron chi connectivity index (χ2n) is 1.98. The fourth-order valence-corrected chi connectivity index (χ4v) is 1.23. The second-order valence-corrected chi connectivity index (χ2v) is 2.84. The number of carbonyl (C=O) groups is 1. The lowest BCUT2D eigenvalue weighted by molar-refractivity contribution is -0.111. The number of hydrogen-bond donors (Lipinski definition) is 0. The van der Waals surface area contributed by atoms with Crippen molar-refractivity contribution in [2.75, 3.05) is 0 Å². The Morgan fingerprint density at radius 2 is 2.18 bits per heavy atom. The average molecular weight is 212 g/mol. The molecule has 2 aliphatic heterocycles. The fourth-order valence-electron chi connectivity index (χ4n) is 0.835. The molecule has 4 nitrogen and oxygen atoms in total. The Labute approximate surface area is 70.6 Å². The van der Waals surface area contributed by atoms with E-state index in [-0.39, 0.29) is 5.91 Å². The van der Waals surface area contributed by atoms with Crippen LogP contribution >= 0.6 is 15.9 Å². The van der Waals surface area contributed by atoms with Crippen molar-refractivity contribution < 1.29 is 4.79 Å². The lowest BCUT2D eigenvalue weighted by Gasteiger charge is -2.02. The first kappa shape index (κ1) is 6.60. The van der Waals surface area contributed by atoms with Crippen molar-refractivity contribution >= 4 is 40.1 Å². The molecule has 0 radical (unpaired) electrons. The van der Waals surface area contributed by atoms with Crippen LogP contribution in [-0.2, 0) is 4.79 Å². The Balaban J connectivity index is 2.60. The van der Waals surface area contributed by atoms with Gasteiger partial charge in [-0.3, -0.25) is 4.79 Å². The Morgan fingerprint density at radius 3 is 2.91 bits per heavy atom. The highest BCUT2D eigenvalue weighted by Crippen LogP contribution is 2.20. The third kappa shape index (κ3) is 0.883. The number of allylic oxidation sites excluding steroid dienone is 1. The SMILES string of the molecule is O=C1N=CC(Br)=C2N=CN=C12. The van der Waals surface area contributed by atoms with Crippen LogP contribution in [0.3, 0.4) is 0 Å². The van der Waals surface area contributed by atoms with Crippen molar-refractivity contribution in [3.05, 3.63) is 10.2 Å². The van der Waals surface area contributed by atoms with Crippen LogP contribution in [0.1, 0.15) is 0 Å². The van der Waals surface area contributed by atoms with Crippen LogP contribution in [0.15, 0.2) is 25.2 Å². The van der Waals surface area contributed by atoms with Crippen molar-refractivity contribution in [3.63, 3.8) is 0 Å². The molecule has 0 unspecified atom stereocenters. The molecular formula is C6H2BrN3O. The zero-order valence-electron chi connectivity index (χ0n) is 5.28. The molecule has 0 aromatic carbocycles. The molecule has 0 atom stereocenters. The molecule has 0 spiro atoms. The maximum atomic E-state index is 11.0. The van der Waals surface area contributed by atoms with Gasteiger partial charge in [0.2, 0.25) is 0 Å². The molecule has 2 heterocycles. The minimum Gasteiger partial charge on any atom is -0.265 e. The highest BCUT2D eigenvalue weighted by atomic mass is 79.9. The van der Waals surface area contributed by atoms with Crippen molar-refractivity contribution in [2.24, 2.45) is 15.0 Å². The van der Waals surface area contributed by atoms with Gasteiger partial charge in [-0.2, -0.15) is 0 Å². The number of halogens is 1. The van der Waals surface area contributed by atoms with Crippen molar-refractivity contribution in [1.29, 1.82) is 0 Å². The molecule has 0 saturated heterocycles. The quantitative estimate of drug-likeness (QED) is 0.582. The minimum atomic E-state index is -0.333. The van der Waals surface area contributed by atoms with E-state index < -0.39 is 0 Å². The Hall–Kier alpha value is -1.10. The molecule has 5 heteroatoms. The normalized spacial score (nSPS) is 20.8. The molecule has 11 heavy (non-hydrogen) atoms. The monoisotopic (exact) mass is 211 g/mol. The summed E-state index contributed by atoms with van der Waals surface area (Å²) in [6.45, 7) is 0. The summed E-state index contributed by atoms with van der Waals surface area (Å²) >= 11 is 3.21. The van der Waals surface area contributed by atoms with Crippen LogP contribution in [0.5, 0.6) is 0 Å². The van der Waals surface area contributed by atoms with Gasteiger partial charge >= 0.3 is 0 Å². The van der Waals surface area contributed by atoms with Crippen LogP contribution in [0.2, 0.25) is 0 Å². The van der Waals surface area contributed by atoms with Gasteiger partial charge in [-0.1, -0.05) is 0 Å². The third-order valence-electron chi connectivity index (χ3n) is 1.32. The van der Waals surface area contributed by atoms with Crippen LogP contribution in [0, 0.1) is 0 Å². The van der Waals surface area contributed by atoms with Crippen molar-refractivity contribution in [3.8, 4) is 0 Å². The summed E-state index contributed by atoms with van der Waals surface area (Å²) in [4.78, 5) is 22.2. The maximum absolute atomic E-state index is 11.0. The largest absolute Gasteiger partial charge is 0.297 e. The average Bonchev–Trinajstić information content (AvgIpc) is 2.45. The predicted molar refractivity (Wildman–Crippen MR) is 45.4 cm³/mol. The number of aliphatic imine (C=N–C) groups is 3. The van der Waals surface area contributed by atoms with E-state index in [2.05, 4.69) is 30.9 Å². The molecule has 54 valence electrons. The zero-order chi connectivity index (χ0) is 7.84. The first-order chi connectivity index (χ1) is 5.29. The molecular weight excluding hydrogens is 210 g/mol. The van der Waals surface area contributed by atoms with Crippen LogP contribution in [0.25, 0.3) is 0 Å². The van der Waals surface area contributed by atoms with Crippen LogP contribution in [-0.4, -0.2) is 24.2 Å². The lowest BCUT2D eigenvalue weighted by Crippen LogP contribution is -2.16. The molecule has 0 bridgehead atoms. The molecule has 0 fully saturated rings. The van der Waals surface area contributed by atoms with E-state index in [9.17, 15) is 4.79 Å². The summed E-state index contributed by atoms with van der Waals surface area (Å²) in [5.41, 5.74) is 0.893. The Morgan fingerprint density at radius 1 is 1.36 bits per heavy atom. The highest BCUT2D eigenvalue weighted by molar-refractivity contribution is 9.12. The number of amides is 1. The number of hydrogen-bond acceptors (Lipinski definition) is 3. The third-order valence-corrected chi connectivity index (χ3v) is 1.90. The Kier molecular flexibility index (Phi) is 1.32. The van der Waals surface area contributed by atoms with Gasteiger partial charge in [0.15, 0.2) is 5.71 Å². The number of dihydropyridines is 1. The number of rotatable bonds is 0.